The number of rotatable bonds is 2. The molecule has 3 N–H and O–H groups in total. The second-order valence-corrected chi connectivity index (χ2v) is 4.21. The number of allylic oxidation sites excluding steroid dienone is 2. The lowest BCUT2D eigenvalue weighted by Crippen LogP contribution is -2.35. The summed E-state index contributed by atoms with van der Waals surface area (Å²) in [4.78, 5) is 11.3. The van der Waals surface area contributed by atoms with Gasteiger partial charge in [-0.3, -0.25) is 4.79 Å². The van der Waals surface area contributed by atoms with E-state index >= 15 is 0 Å². The lowest BCUT2D eigenvalue weighted by molar-refractivity contribution is -0.143. The van der Waals surface area contributed by atoms with E-state index in [1.807, 2.05) is 12.2 Å². The topological polar surface area (TPSA) is 63.3 Å². The molecular weight excluding hydrogens is 186 g/mol. The number of thiocarbonyl (C=S) groups is 1. The number of hydrogen-bond acceptors (Lipinski definition) is 2. The van der Waals surface area contributed by atoms with Crippen molar-refractivity contribution in [3.8, 4) is 0 Å². The van der Waals surface area contributed by atoms with E-state index in [9.17, 15) is 4.79 Å². The van der Waals surface area contributed by atoms with Crippen molar-refractivity contribution in [3.05, 3.63) is 12.2 Å². The quantitative estimate of drug-likeness (QED) is 0.507. The molecule has 4 unspecified atom stereocenters. The molecule has 0 spiro atoms. The second kappa shape index (κ2) is 2.80. The van der Waals surface area contributed by atoms with Crippen molar-refractivity contribution in [2.45, 2.75) is 6.42 Å². The standard InChI is InChI=1S/C9H11NO2S/c10-8(13)6-4-1-2-5(3-4)7(6)9(11)12/h1-2,4-7H,3H2,(H2,10,13)(H,11,12). The Morgan fingerprint density at radius 3 is 2.31 bits per heavy atom. The Balaban J connectivity index is 2.30. The third kappa shape index (κ3) is 1.16. The van der Waals surface area contributed by atoms with Crippen LogP contribution in [0.15, 0.2) is 12.2 Å². The zero-order chi connectivity index (χ0) is 9.59. The van der Waals surface area contributed by atoms with Gasteiger partial charge in [0.25, 0.3) is 0 Å². The number of fused-ring (bicyclic) bond motifs is 2. The fourth-order valence-corrected chi connectivity index (χ4v) is 2.87. The zero-order valence-corrected chi connectivity index (χ0v) is 7.83. The third-order valence-electron chi connectivity index (χ3n) is 3.07. The molecule has 13 heavy (non-hydrogen) atoms. The summed E-state index contributed by atoms with van der Waals surface area (Å²) < 4.78 is 0. The number of aliphatic carboxylic acids is 1. The van der Waals surface area contributed by atoms with Crippen molar-refractivity contribution in [1.29, 1.82) is 0 Å². The molecule has 0 saturated heterocycles. The van der Waals surface area contributed by atoms with E-state index in [0.29, 0.717) is 4.99 Å². The average Bonchev–Trinajstić information content (AvgIpc) is 2.60. The summed E-state index contributed by atoms with van der Waals surface area (Å²) in [6.45, 7) is 0. The van der Waals surface area contributed by atoms with E-state index < -0.39 is 5.97 Å². The first kappa shape index (κ1) is 8.69. The molecule has 2 rings (SSSR count). The van der Waals surface area contributed by atoms with Gasteiger partial charge < -0.3 is 10.8 Å². The minimum atomic E-state index is -0.769. The highest BCUT2D eigenvalue weighted by Gasteiger charge is 2.49. The van der Waals surface area contributed by atoms with Crippen LogP contribution in [0, 0.1) is 23.7 Å². The van der Waals surface area contributed by atoms with Crippen molar-refractivity contribution in [1.82, 2.24) is 0 Å². The largest absolute Gasteiger partial charge is 0.481 e. The van der Waals surface area contributed by atoms with Gasteiger partial charge in [-0.15, -0.1) is 0 Å². The maximum absolute atomic E-state index is 11.0. The molecule has 0 aromatic rings. The molecule has 0 aliphatic heterocycles. The van der Waals surface area contributed by atoms with Gasteiger partial charge in [-0.25, -0.2) is 0 Å². The highest BCUT2D eigenvalue weighted by Crippen LogP contribution is 2.48. The SMILES string of the molecule is NC(=S)C1C2C=CC(C2)C1C(=O)O. The van der Waals surface area contributed by atoms with Crippen LogP contribution >= 0.6 is 12.2 Å². The van der Waals surface area contributed by atoms with Crippen LogP contribution in [0.5, 0.6) is 0 Å². The first-order valence-electron chi connectivity index (χ1n) is 4.31. The predicted octanol–water partition coefficient (Wildman–Crippen LogP) is 0.795. The number of nitrogens with two attached hydrogens (primary N) is 1. The number of carbonyl (C=O) groups is 1. The monoisotopic (exact) mass is 197 g/mol. The number of carboxylic acids is 1. The Kier molecular flexibility index (Phi) is 1.87. The minimum Gasteiger partial charge on any atom is -0.481 e. The van der Waals surface area contributed by atoms with Crippen molar-refractivity contribution in [2.75, 3.05) is 0 Å². The van der Waals surface area contributed by atoms with Gasteiger partial charge in [0, 0.05) is 5.92 Å². The molecule has 70 valence electrons. The Bertz CT molecular complexity index is 272. The van der Waals surface area contributed by atoms with Gasteiger partial charge in [-0.1, -0.05) is 24.4 Å². The van der Waals surface area contributed by atoms with Crippen LogP contribution in [-0.4, -0.2) is 16.1 Å². The molecule has 1 saturated carbocycles. The molecule has 2 bridgehead atoms. The molecule has 3 nitrogen and oxygen atoms in total. The molecule has 4 atom stereocenters. The lowest BCUT2D eigenvalue weighted by atomic mass is 9.83. The van der Waals surface area contributed by atoms with Gasteiger partial charge in [-0.05, 0) is 18.3 Å². The van der Waals surface area contributed by atoms with E-state index in [2.05, 4.69) is 0 Å². The smallest absolute Gasteiger partial charge is 0.307 e. The highest BCUT2D eigenvalue weighted by atomic mass is 32.1. The fraction of sp³-hybridized carbons (Fsp3) is 0.556. The minimum absolute atomic E-state index is 0.123. The van der Waals surface area contributed by atoms with E-state index in [1.165, 1.54) is 0 Å². The maximum atomic E-state index is 11.0. The van der Waals surface area contributed by atoms with Crippen LogP contribution in [0.4, 0.5) is 0 Å². The van der Waals surface area contributed by atoms with Crippen molar-refractivity contribution < 1.29 is 9.90 Å². The average molecular weight is 197 g/mol. The van der Waals surface area contributed by atoms with Crippen molar-refractivity contribution >= 4 is 23.2 Å². The van der Waals surface area contributed by atoms with Gasteiger partial charge in [-0.2, -0.15) is 0 Å². The molecule has 0 heterocycles. The fourth-order valence-electron chi connectivity index (χ4n) is 2.55. The summed E-state index contributed by atoms with van der Waals surface area (Å²) in [5, 5.41) is 9.01. The number of hydrogen-bond donors (Lipinski definition) is 2. The van der Waals surface area contributed by atoms with Crippen LogP contribution in [0.2, 0.25) is 0 Å². The maximum Gasteiger partial charge on any atom is 0.307 e. The van der Waals surface area contributed by atoms with Gasteiger partial charge in [0.1, 0.15) is 0 Å². The second-order valence-electron chi connectivity index (χ2n) is 3.74. The van der Waals surface area contributed by atoms with Crippen LogP contribution in [0.25, 0.3) is 0 Å². The third-order valence-corrected chi connectivity index (χ3v) is 3.35. The van der Waals surface area contributed by atoms with E-state index in [4.69, 9.17) is 23.1 Å². The normalized spacial score (nSPS) is 40.9. The molecule has 2 aliphatic rings. The molecular formula is C9H11NO2S. The van der Waals surface area contributed by atoms with Gasteiger partial charge in [0.2, 0.25) is 0 Å². The summed E-state index contributed by atoms with van der Waals surface area (Å²) in [6.07, 6.45) is 4.94. The molecule has 4 heteroatoms. The Hall–Kier alpha value is -0.900. The summed E-state index contributed by atoms with van der Waals surface area (Å²) >= 11 is 4.90. The van der Waals surface area contributed by atoms with Crippen LogP contribution in [0.3, 0.4) is 0 Å². The number of carboxylic acid groups (broad SMARTS) is 1. The van der Waals surface area contributed by atoms with E-state index in [1.54, 1.807) is 0 Å². The first-order chi connectivity index (χ1) is 6.11. The molecule has 0 amide bonds. The molecule has 0 aromatic heterocycles. The van der Waals surface area contributed by atoms with Crippen LogP contribution in [0.1, 0.15) is 6.42 Å². The Morgan fingerprint density at radius 1 is 1.38 bits per heavy atom. The molecule has 0 radical (unpaired) electrons. The zero-order valence-electron chi connectivity index (χ0n) is 7.01. The first-order valence-corrected chi connectivity index (χ1v) is 4.72. The van der Waals surface area contributed by atoms with Crippen molar-refractivity contribution in [2.24, 2.45) is 29.4 Å². The van der Waals surface area contributed by atoms with Crippen LogP contribution in [-0.2, 0) is 4.79 Å². The molecule has 2 aliphatic carbocycles. The summed E-state index contributed by atoms with van der Waals surface area (Å²) in [5.74, 6) is -0.859. The summed E-state index contributed by atoms with van der Waals surface area (Å²) in [7, 11) is 0. The predicted molar refractivity (Wildman–Crippen MR) is 52.1 cm³/mol. The van der Waals surface area contributed by atoms with E-state index in [0.717, 1.165) is 6.42 Å². The van der Waals surface area contributed by atoms with Gasteiger partial charge in [0.15, 0.2) is 0 Å². The summed E-state index contributed by atoms with van der Waals surface area (Å²) in [6, 6.07) is 0. The van der Waals surface area contributed by atoms with E-state index in [-0.39, 0.29) is 23.7 Å². The van der Waals surface area contributed by atoms with Crippen molar-refractivity contribution in [3.63, 3.8) is 0 Å². The highest BCUT2D eigenvalue weighted by molar-refractivity contribution is 7.80. The lowest BCUT2D eigenvalue weighted by Gasteiger charge is -2.23. The molecule has 1 fully saturated rings. The van der Waals surface area contributed by atoms with Gasteiger partial charge >= 0.3 is 5.97 Å². The summed E-state index contributed by atoms with van der Waals surface area (Å²) in [5.41, 5.74) is 5.55. The Labute approximate surface area is 81.6 Å². The Morgan fingerprint density at radius 2 is 1.92 bits per heavy atom. The van der Waals surface area contributed by atoms with Gasteiger partial charge in [0.05, 0.1) is 10.9 Å². The molecule has 0 aromatic carbocycles. The van der Waals surface area contributed by atoms with Crippen LogP contribution < -0.4 is 5.73 Å².